The highest BCUT2D eigenvalue weighted by molar-refractivity contribution is 6.06. The lowest BCUT2D eigenvalue weighted by atomic mass is 10.0. The number of nitrogens with two attached hydrogens (primary N) is 1. The van der Waals surface area contributed by atoms with Crippen LogP contribution in [0.2, 0.25) is 0 Å². The minimum atomic E-state index is -1.17. The summed E-state index contributed by atoms with van der Waals surface area (Å²) in [6.45, 7) is 1.87. The van der Waals surface area contributed by atoms with Crippen molar-refractivity contribution in [3.05, 3.63) is 34.9 Å². The summed E-state index contributed by atoms with van der Waals surface area (Å²) < 4.78 is 0. The van der Waals surface area contributed by atoms with E-state index in [0.717, 1.165) is 0 Å². The predicted molar refractivity (Wildman–Crippen MR) is 113 cm³/mol. The number of fused-ring (bicyclic) bond motifs is 1. The summed E-state index contributed by atoms with van der Waals surface area (Å²) in [4.78, 5) is 46.4. The Morgan fingerprint density at radius 2 is 2.07 bits per heavy atom. The van der Waals surface area contributed by atoms with Gasteiger partial charge in [-0.15, -0.1) is 0 Å². The van der Waals surface area contributed by atoms with Crippen LogP contribution < -0.4 is 16.5 Å². The average Bonchev–Trinajstić information content (AvgIpc) is 2.84. The van der Waals surface area contributed by atoms with Crippen molar-refractivity contribution in [2.24, 2.45) is 10.7 Å². The summed E-state index contributed by atoms with van der Waals surface area (Å²) in [7, 11) is 3.35. The number of amides is 3. The fraction of sp³-hybridized carbons (Fsp3) is 0.400. The van der Waals surface area contributed by atoms with Gasteiger partial charge >= 0.3 is 6.09 Å². The third-order valence-electron chi connectivity index (χ3n) is 4.18. The summed E-state index contributed by atoms with van der Waals surface area (Å²) in [6, 6.07) is 4.98. The second-order valence-electron chi connectivity index (χ2n) is 7.19. The number of carboxylic acid groups (broad SMARTS) is 1. The zero-order chi connectivity index (χ0) is 22.3. The Bertz CT molecular complexity index is 876. The van der Waals surface area contributed by atoms with Crippen molar-refractivity contribution < 1.29 is 24.3 Å². The van der Waals surface area contributed by atoms with E-state index >= 15 is 0 Å². The monoisotopic (exact) mass is 417 g/mol. The third-order valence-corrected chi connectivity index (χ3v) is 4.18. The number of aliphatic imine (C=N–C) groups is 1. The van der Waals surface area contributed by atoms with E-state index in [4.69, 9.17) is 15.7 Å². The molecular weight excluding hydrogens is 390 g/mol. The summed E-state index contributed by atoms with van der Waals surface area (Å²) >= 11 is 0. The lowest BCUT2D eigenvalue weighted by molar-refractivity contribution is -0.129. The van der Waals surface area contributed by atoms with Gasteiger partial charge in [0.05, 0.1) is 12.3 Å². The van der Waals surface area contributed by atoms with Gasteiger partial charge in [-0.1, -0.05) is 6.07 Å². The quantitative estimate of drug-likeness (QED) is 0.370. The summed E-state index contributed by atoms with van der Waals surface area (Å²) in [5.74, 6) is -0.597. The Morgan fingerprint density at radius 3 is 2.70 bits per heavy atom. The fourth-order valence-electron chi connectivity index (χ4n) is 2.85. The van der Waals surface area contributed by atoms with Crippen molar-refractivity contribution in [3.63, 3.8) is 0 Å². The first-order valence-corrected chi connectivity index (χ1v) is 9.44. The van der Waals surface area contributed by atoms with Gasteiger partial charge in [0, 0.05) is 61.9 Å². The molecule has 1 atom stereocenters. The van der Waals surface area contributed by atoms with Gasteiger partial charge in [-0.05, 0) is 25.1 Å². The molecule has 0 aliphatic carbocycles. The maximum absolute atomic E-state index is 12.6. The molecule has 1 aromatic carbocycles. The molecule has 10 heteroatoms. The normalized spacial score (nSPS) is 13.9. The minimum Gasteiger partial charge on any atom is -0.465 e. The molecule has 162 valence electrons. The number of hydrogen-bond acceptors (Lipinski definition) is 6. The molecule has 0 aromatic heterocycles. The number of benzene rings is 1. The maximum atomic E-state index is 12.6. The molecule has 1 heterocycles. The van der Waals surface area contributed by atoms with Crippen LogP contribution in [0.25, 0.3) is 6.08 Å². The van der Waals surface area contributed by atoms with Gasteiger partial charge in [-0.3, -0.25) is 19.4 Å². The molecule has 1 unspecified atom stereocenters. The van der Waals surface area contributed by atoms with Gasteiger partial charge in [0.15, 0.2) is 0 Å². The highest BCUT2D eigenvalue weighted by Crippen LogP contribution is 2.29. The van der Waals surface area contributed by atoms with E-state index in [1.54, 1.807) is 38.4 Å². The smallest absolute Gasteiger partial charge is 0.404 e. The van der Waals surface area contributed by atoms with Crippen molar-refractivity contribution >= 4 is 35.4 Å². The van der Waals surface area contributed by atoms with Crippen LogP contribution >= 0.6 is 0 Å². The van der Waals surface area contributed by atoms with Crippen LogP contribution in [0.15, 0.2) is 28.8 Å². The molecule has 0 saturated heterocycles. The third kappa shape index (κ3) is 6.68. The minimum absolute atomic E-state index is 0.0152. The lowest BCUT2D eigenvalue weighted by Gasteiger charge is -2.12. The number of nitrogens with zero attached hydrogens (tertiary/aromatic N) is 2. The molecule has 10 nitrogen and oxygen atoms in total. The van der Waals surface area contributed by atoms with Crippen LogP contribution in [0.5, 0.6) is 0 Å². The average molecular weight is 417 g/mol. The molecular formula is C20H27N5O5. The van der Waals surface area contributed by atoms with Gasteiger partial charge in [0.1, 0.15) is 0 Å². The number of carbonyl (C=O) groups excluding carboxylic acids is 2. The van der Waals surface area contributed by atoms with E-state index in [-0.39, 0.29) is 31.5 Å². The fourth-order valence-corrected chi connectivity index (χ4v) is 2.85. The molecule has 0 bridgehead atoms. The van der Waals surface area contributed by atoms with Gasteiger partial charge in [-0.25, -0.2) is 10.3 Å². The Balaban J connectivity index is 2.24. The van der Waals surface area contributed by atoms with E-state index in [2.05, 4.69) is 15.8 Å². The van der Waals surface area contributed by atoms with E-state index < -0.39 is 12.0 Å². The van der Waals surface area contributed by atoms with Crippen molar-refractivity contribution in [3.8, 4) is 0 Å². The first kappa shape index (κ1) is 23.0. The van der Waals surface area contributed by atoms with E-state index in [0.29, 0.717) is 34.5 Å². The Hall–Kier alpha value is -3.24. The molecule has 3 amide bonds. The Morgan fingerprint density at radius 1 is 1.33 bits per heavy atom. The van der Waals surface area contributed by atoms with Crippen LogP contribution in [0, 0.1) is 0 Å². The van der Waals surface area contributed by atoms with Gasteiger partial charge < -0.3 is 21.1 Å². The SMILES string of the molecule is CC(N)CC1=Nc2cc(C(=O)N(C)C)ccc2C=C(C(=O)NOCCNC(=O)O)C1. The Labute approximate surface area is 174 Å². The summed E-state index contributed by atoms with van der Waals surface area (Å²) in [5, 5.41) is 10.7. The van der Waals surface area contributed by atoms with Gasteiger partial charge in [-0.2, -0.15) is 0 Å². The van der Waals surface area contributed by atoms with E-state index in [1.807, 2.05) is 6.92 Å². The number of rotatable bonds is 8. The standard InChI is InChI=1S/C20H27N5O5/c1-12(21)8-16-10-15(18(26)24-30-7-6-22-20(28)29)9-13-4-5-14(11-17(13)23-16)19(27)25(2)3/h4-5,9,11-12,22H,6-8,10,21H2,1-3H3,(H,24,26)(H,28,29). The molecule has 0 saturated carbocycles. The zero-order valence-electron chi connectivity index (χ0n) is 17.3. The predicted octanol–water partition coefficient (Wildman–Crippen LogP) is 1.30. The maximum Gasteiger partial charge on any atom is 0.404 e. The molecule has 30 heavy (non-hydrogen) atoms. The second kappa shape index (κ2) is 10.5. The van der Waals surface area contributed by atoms with Gasteiger partial charge in [0.25, 0.3) is 11.8 Å². The van der Waals surface area contributed by atoms with Crippen molar-refractivity contribution in [1.29, 1.82) is 0 Å². The largest absolute Gasteiger partial charge is 0.465 e. The number of hydroxylamine groups is 1. The molecule has 1 aromatic rings. The van der Waals surface area contributed by atoms with Crippen molar-refractivity contribution in [2.45, 2.75) is 25.8 Å². The van der Waals surface area contributed by atoms with Crippen LogP contribution in [-0.4, -0.2) is 66.9 Å². The van der Waals surface area contributed by atoms with Crippen LogP contribution in [0.4, 0.5) is 10.5 Å². The van der Waals surface area contributed by atoms with Crippen molar-refractivity contribution in [1.82, 2.24) is 15.7 Å². The summed E-state index contributed by atoms with van der Waals surface area (Å²) in [6.07, 6.45) is 1.29. The summed E-state index contributed by atoms with van der Waals surface area (Å²) in [5.41, 5.74) is 11.2. The molecule has 1 aliphatic heterocycles. The van der Waals surface area contributed by atoms with E-state index in [1.165, 1.54) is 4.90 Å². The number of carbonyl (C=O) groups is 3. The van der Waals surface area contributed by atoms with Crippen LogP contribution in [-0.2, 0) is 9.63 Å². The molecule has 5 N–H and O–H groups in total. The molecule has 2 rings (SSSR count). The highest BCUT2D eigenvalue weighted by Gasteiger charge is 2.20. The van der Waals surface area contributed by atoms with Crippen LogP contribution in [0.3, 0.4) is 0 Å². The molecule has 0 radical (unpaired) electrons. The molecule has 0 fully saturated rings. The lowest BCUT2D eigenvalue weighted by Crippen LogP contribution is -2.31. The highest BCUT2D eigenvalue weighted by atomic mass is 16.7. The first-order chi connectivity index (χ1) is 14.2. The zero-order valence-corrected chi connectivity index (χ0v) is 17.3. The van der Waals surface area contributed by atoms with Crippen molar-refractivity contribution in [2.75, 3.05) is 27.2 Å². The van der Waals surface area contributed by atoms with Gasteiger partial charge in [0.2, 0.25) is 0 Å². The first-order valence-electron chi connectivity index (χ1n) is 9.44. The topological polar surface area (TPSA) is 146 Å². The molecule has 1 aliphatic rings. The van der Waals surface area contributed by atoms with E-state index in [9.17, 15) is 14.4 Å². The number of nitrogens with one attached hydrogen (secondary N) is 2. The number of hydrogen-bond donors (Lipinski definition) is 4. The Kier molecular flexibility index (Phi) is 8.07. The van der Waals surface area contributed by atoms with Crippen LogP contribution in [0.1, 0.15) is 35.7 Å². The molecule has 0 spiro atoms. The second-order valence-corrected chi connectivity index (χ2v) is 7.19.